The third-order valence-corrected chi connectivity index (χ3v) is 8.31. The SMILES string of the molecule is CCCCN(CC1CCCCC1)C(=O)Cc1ccc(C(=O)N[C@@H](CCSC)C(=O)O)c(-c2ccccc2C)c1.[LiH]. The average Bonchev–Trinajstić information content (AvgIpc) is 2.93. The Morgan fingerprint density at radius 2 is 1.80 bits per heavy atom. The first-order valence-corrected chi connectivity index (χ1v) is 15.7. The molecule has 2 aromatic rings. The van der Waals surface area contributed by atoms with E-state index in [1.807, 2.05) is 49.6 Å². The van der Waals surface area contributed by atoms with Gasteiger partial charge in [0.15, 0.2) is 0 Å². The zero-order chi connectivity index (χ0) is 28.2. The van der Waals surface area contributed by atoms with E-state index in [0.29, 0.717) is 23.7 Å². The standard InChI is InChI=1S/C32H44N2O4S.Li.H/c1-4-5-18-34(22-24-12-7-6-8-13-24)30(35)21-25-15-16-27(28(20-25)26-14-10-9-11-23(26)2)31(36)33-29(32(37)38)17-19-39-3;;/h9-11,14-16,20,24,29H,4-8,12-13,17-19,21-22H2,1-3H3,(H,33,36)(H,37,38);;/t29-;;/m0../s1. The molecule has 6 nitrogen and oxygen atoms in total. The van der Waals surface area contributed by atoms with Crippen LogP contribution in [0.3, 0.4) is 0 Å². The van der Waals surface area contributed by atoms with Crippen molar-refractivity contribution in [1.82, 2.24) is 10.2 Å². The number of nitrogens with one attached hydrogen (secondary N) is 1. The summed E-state index contributed by atoms with van der Waals surface area (Å²) in [5.41, 5.74) is 3.90. The topological polar surface area (TPSA) is 86.7 Å². The Morgan fingerprint density at radius 3 is 2.45 bits per heavy atom. The molecule has 214 valence electrons. The van der Waals surface area contributed by atoms with Crippen LogP contribution in [-0.4, -0.2) is 77.8 Å². The zero-order valence-corrected chi connectivity index (χ0v) is 24.5. The predicted molar refractivity (Wildman–Crippen MR) is 167 cm³/mol. The third kappa shape index (κ3) is 10.0. The molecule has 8 heteroatoms. The summed E-state index contributed by atoms with van der Waals surface area (Å²) in [5.74, 6) is -0.103. The van der Waals surface area contributed by atoms with Gasteiger partial charge in [-0.3, -0.25) is 9.59 Å². The number of nitrogens with zero attached hydrogens (tertiary/aromatic N) is 1. The molecule has 0 heterocycles. The summed E-state index contributed by atoms with van der Waals surface area (Å²) in [6.45, 7) is 5.75. The van der Waals surface area contributed by atoms with Gasteiger partial charge in [0, 0.05) is 18.7 Å². The number of aliphatic carboxylic acids is 1. The Hall–Kier alpha value is -2.20. The molecule has 0 bridgehead atoms. The Labute approximate surface area is 256 Å². The number of aryl methyl sites for hydroxylation is 1. The molecule has 2 amide bonds. The quantitative estimate of drug-likeness (QED) is 0.290. The van der Waals surface area contributed by atoms with E-state index >= 15 is 0 Å². The van der Waals surface area contributed by atoms with Crippen molar-refractivity contribution in [3.63, 3.8) is 0 Å². The van der Waals surface area contributed by atoms with E-state index < -0.39 is 17.9 Å². The van der Waals surface area contributed by atoms with Crippen LogP contribution in [-0.2, 0) is 16.0 Å². The van der Waals surface area contributed by atoms with Crippen LogP contribution in [0.25, 0.3) is 11.1 Å². The fourth-order valence-corrected chi connectivity index (χ4v) is 5.83. The van der Waals surface area contributed by atoms with Gasteiger partial charge in [-0.05, 0) is 84.9 Å². The number of rotatable bonds is 14. The monoisotopic (exact) mass is 560 g/mol. The average molecular weight is 561 g/mol. The van der Waals surface area contributed by atoms with Crippen LogP contribution < -0.4 is 5.32 Å². The number of hydrogen-bond acceptors (Lipinski definition) is 4. The Kier molecular flexibility index (Phi) is 14.9. The number of benzene rings is 2. The molecule has 2 N–H and O–H groups in total. The second kappa shape index (κ2) is 17.6. The molecule has 1 aliphatic carbocycles. The van der Waals surface area contributed by atoms with Crippen LogP contribution in [0, 0.1) is 12.8 Å². The third-order valence-electron chi connectivity index (χ3n) is 7.67. The van der Waals surface area contributed by atoms with E-state index in [1.165, 1.54) is 32.1 Å². The molecule has 3 rings (SSSR count). The minimum atomic E-state index is -1.04. The number of carboxylic acid groups (broad SMARTS) is 1. The fraction of sp³-hybridized carbons (Fsp3) is 0.531. The Bertz CT molecular complexity index is 1120. The van der Waals surface area contributed by atoms with Crippen molar-refractivity contribution in [1.29, 1.82) is 0 Å². The molecular formula is C32H45LiN2O4S. The molecular weight excluding hydrogens is 515 g/mol. The molecule has 0 saturated heterocycles. The predicted octanol–water partition coefficient (Wildman–Crippen LogP) is 5.70. The van der Waals surface area contributed by atoms with Crippen LogP contribution in [0.4, 0.5) is 0 Å². The van der Waals surface area contributed by atoms with Gasteiger partial charge in [0.25, 0.3) is 5.91 Å². The molecule has 0 unspecified atom stereocenters. The van der Waals surface area contributed by atoms with Crippen molar-refractivity contribution in [2.24, 2.45) is 5.92 Å². The van der Waals surface area contributed by atoms with E-state index in [2.05, 4.69) is 17.1 Å². The van der Waals surface area contributed by atoms with Gasteiger partial charge in [0.05, 0.1) is 6.42 Å². The fourth-order valence-electron chi connectivity index (χ4n) is 5.36. The molecule has 40 heavy (non-hydrogen) atoms. The Morgan fingerprint density at radius 1 is 1.07 bits per heavy atom. The molecule has 1 atom stereocenters. The Balaban J connectivity index is 0.00000560. The molecule has 0 aliphatic heterocycles. The van der Waals surface area contributed by atoms with Gasteiger partial charge >= 0.3 is 24.8 Å². The number of carbonyl (C=O) groups is 3. The second-order valence-electron chi connectivity index (χ2n) is 10.7. The van der Waals surface area contributed by atoms with E-state index in [4.69, 9.17) is 0 Å². The van der Waals surface area contributed by atoms with E-state index in [-0.39, 0.29) is 31.2 Å². The summed E-state index contributed by atoms with van der Waals surface area (Å²) >= 11 is 1.55. The molecule has 1 fully saturated rings. The molecule has 0 aromatic heterocycles. The number of carboxylic acids is 1. The summed E-state index contributed by atoms with van der Waals surface area (Å²) in [5, 5.41) is 12.4. The molecule has 0 radical (unpaired) electrons. The van der Waals surface area contributed by atoms with Crippen LogP contribution in [0.1, 0.15) is 79.8 Å². The van der Waals surface area contributed by atoms with Gasteiger partial charge in [0.2, 0.25) is 5.91 Å². The number of amides is 2. The zero-order valence-electron chi connectivity index (χ0n) is 23.7. The van der Waals surface area contributed by atoms with Gasteiger partial charge in [-0.15, -0.1) is 0 Å². The summed E-state index contributed by atoms with van der Waals surface area (Å²) in [6.07, 6.45) is 10.8. The van der Waals surface area contributed by atoms with Gasteiger partial charge in [-0.2, -0.15) is 11.8 Å². The number of thioether (sulfide) groups is 1. The van der Waals surface area contributed by atoms with Gasteiger partial charge in [0.1, 0.15) is 6.04 Å². The first kappa shape index (κ1) is 34.0. The molecule has 1 aliphatic rings. The maximum absolute atomic E-state index is 13.5. The summed E-state index contributed by atoms with van der Waals surface area (Å²) in [4.78, 5) is 40.7. The van der Waals surface area contributed by atoms with E-state index in [9.17, 15) is 19.5 Å². The normalized spacial score (nSPS) is 14.2. The van der Waals surface area contributed by atoms with Gasteiger partial charge in [-0.25, -0.2) is 4.79 Å². The van der Waals surface area contributed by atoms with Crippen molar-refractivity contribution in [2.45, 2.75) is 77.7 Å². The van der Waals surface area contributed by atoms with Crippen molar-refractivity contribution < 1.29 is 19.5 Å². The summed E-state index contributed by atoms with van der Waals surface area (Å²) in [7, 11) is 0. The van der Waals surface area contributed by atoms with Crippen LogP contribution in [0.2, 0.25) is 0 Å². The molecule has 2 aromatic carbocycles. The number of hydrogen-bond donors (Lipinski definition) is 2. The van der Waals surface area contributed by atoms with Crippen molar-refractivity contribution in [3.05, 3.63) is 59.2 Å². The molecule has 0 spiro atoms. The van der Waals surface area contributed by atoms with E-state index in [1.54, 1.807) is 17.8 Å². The summed E-state index contributed by atoms with van der Waals surface area (Å²) < 4.78 is 0. The van der Waals surface area contributed by atoms with Gasteiger partial charge in [-0.1, -0.05) is 62.9 Å². The van der Waals surface area contributed by atoms with E-state index in [0.717, 1.165) is 48.2 Å². The second-order valence-corrected chi connectivity index (χ2v) is 11.7. The first-order chi connectivity index (χ1) is 18.8. The van der Waals surface area contributed by atoms with Crippen molar-refractivity contribution in [2.75, 3.05) is 25.1 Å². The van der Waals surface area contributed by atoms with Crippen molar-refractivity contribution >= 4 is 48.4 Å². The van der Waals surface area contributed by atoms with Crippen LogP contribution in [0.5, 0.6) is 0 Å². The summed E-state index contributed by atoms with van der Waals surface area (Å²) in [6, 6.07) is 12.4. The van der Waals surface area contributed by atoms with Crippen molar-refractivity contribution in [3.8, 4) is 11.1 Å². The van der Waals surface area contributed by atoms with Gasteiger partial charge < -0.3 is 15.3 Å². The number of carbonyl (C=O) groups excluding carboxylic acids is 2. The van der Waals surface area contributed by atoms with Crippen LogP contribution >= 0.6 is 11.8 Å². The minimum absolute atomic E-state index is 0. The maximum atomic E-state index is 13.5. The molecule has 1 saturated carbocycles. The first-order valence-electron chi connectivity index (χ1n) is 14.3. The van der Waals surface area contributed by atoms with Crippen LogP contribution in [0.15, 0.2) is 42.5 Å². The number of unbranched alkanes of at least 4 members (excludes halogenated alkanes) is 1.